The molecule has 0 spiro atoms. The molecule has 0 aliphatic carbocycles. The molecule has 0 saturated carbocycles. The monoisotopic (exact) mass is 187 g/mol. The Bertz CT molecular complexity index is 457. The van der Waals surface area contributed by atoms with Crippen molar-refractivity contribution in [3.05, 3.63) is 36.2 Å². The van der Waals surface area contributed by atoms with Crippen LogP contribution in [0.1, 0.15) is 5.69 Å². The maximum Gasteiger partial charge on any atom is 0.0671 e. The van der Waals surface area contributed by atoms with Gasteiger partial charge in [-0.05, 0) is 24.6 Å². The lowest BCUT2D eigenvalue weighted by atomic mass is 10.1. The highest BCUT2D eigenvalue weighted by Gasteiger charge is 2.05. The van der Waals surface area contributed by atoms with Crippen molar-refractivity contribution in [1.29, 1.82) is 0 Å². The molecule has 0 radical (unpaired) electrons. The van der Waals surface area contributed by atoms with E-state index in [1.165, 1.54) is 0 Å². The number of nitrogen functional groups attached to an aromatic ring is 1. The van der Waals surface area contributed by atoms with Crippen molar-refractivity contribution in [3.8, 4) is 11.1 Å². The van der Waals surface area contributed by atoms with Gasteiger partial charge < -0.3 is 5.73 Å². The van der Waals surface area contributed by atoms with E-state index in [0.717, 1.165) is 22.5 Å². The third kappa shape index (κ3) is 1.48. The van der Waals surface area contributed by atoms with Crippen molar-refractivity contribution < 1.29 is 0 Å². The summed E-state index contributed by atoms with van der Waals surface area (Å²) in [6.45, 7) is 2.00. The molecule has 1 heterocycles. The highest BCUT2D eigenvalue weighted by molar-refractivity contribution is 5.68. The molecule has 0 aliphatic heterocycles. The molecule has 2 N–H and O–H groups in total. The number of aromatic nitrogens is 2. The van der Waals surface area contributed by atoms with Crippen LogP contribution in [0.5, 0.6) is 0 Å². The molecule has 1 aromatic carbocycles. The summed E-state index contributed by atoms with van der Waals surface area (Å²) in [7, 11) is 1.92. The first-order chi connectivity index (χ1) is 6.66. The van der Waals surface area contributed by atoms with E-state index in [-0.39, 0.29) is 0 Å². The first-order valence-electron chi connectivity index (χ1n) is 4.53. The second kappa shape index (κ2) is 3.18. The fourth-order valence-electron chi connectivity index (χ4n) is 1.59. The molecule has 1 aromatic heterocycles. The van der Waals surface area contributed by atoms with Gasteiger partial charge in [0.1, 0.15) is 0 Å². The predicted molar refractivity (Wildman–Crippen MR) is 57.8 cm³/mol. The van der Waals surface area contributed by atoms with Crippen molar-refractivity contribution in [2.45, 2.75) is 6.92 Å². The Kier molecular flexibility index (Phi) is 2.00. The average Bonchev–Trinajstić information content (AvgIpc) is 2.45. The third-order valence-corrected chi connectivity index (χ3v) is 2.21. The van der Waals surface area contributed by atoms with E-state index in [9.17, 15) is 0 Å². The van der Waals surface area contributed by atoms with E-state index in [1.54, 1.807) is 0 Å². The molecular weight excluding hydrogens is 174 g/mol. The number of hydrogen-bond acceptors (Lipinski definition) is 2. The van der Waals surface area contributed by atoms with E-state index in [0.29, 0.717) is 0 Å². The van der Waals surface area contributed by atoms with Crippen molar-refractivity contribution >= 4 is 5.69 Å². The van der Waals surface area contributed by atoms with Crippen LogP contribution in [0.3, 0.4) is 0 Å². The minimum Gasteiger partial charge on any atom is -0.399 e. The summed E-state index contributed by atoms with van der Waals surface area (Å²) in [5.41, 5.74) is 9.79. The van der Waals surface area contributed by atoms with Gasteiger partial charge in [-0.3, -0.25) is 4.68 Å². The third-order valence-electron chi connectivity index (χ3n) is 2.21. The second-order valence-electron chi connectivity index (χ2n) is 3.43. The zero-order chi connectivity index (χ0) is 10.1. The number of aryl methyl sites for hydroxylation is 2. The van der Waals surface area contributed by atoms with Gasteiger partial charge in [-0.25, -0.2) is 0 Å². The van der Waals surface area contributed by atoms with E-state index in [4.69, 9.17) is 5.73 Å². The molecule has 0 amide bonds. The van der Waals surface area contributed by atoms with Gasteiger partial charge in [0.15, 0.2) is 0 Å². The van der Waals surface area contributed by atoms with Crippen LogP contribution in [0, 0.1) is 6.92 Å². The van der Waals surface area contributed by atoms with Crippen molar-refractivity contribution in [1.82, 2.24) is 9.78 Å². The SMILES string of the molecule is Cc1nn(C)cc1-c1cccc(N)c1. The summed E-state index contributed by atoms with van der Waals surface area (Å²) < 4.78 is 1.81. The number of anilines is 1. The number of rotatable bonds is 1. The molecular formula is C11H13N3. The Morgan fingerprint density at radius 3 is 2.71 bits per heavy atom. The normalized spacial score (nSPS) is 10.4. The quantitative estimate of drug-likeness (QED) is 0.694. The first kappa shape index (κ1) is 8.81. The van der Waals surface area contributed by atoms with Crippen molar-refractivity contribution in [2.75, 3.05) is 5.73 Å². The minimum atomic E-state index is 0.783. The van der Waals surface area contributed by atoms with Gasteiger partial charge in [0, 0.05) is 24.5 Å². The van der Waals surface area contributed by atoms with Crippen LogP contribution in [0.4, 0.5) is 5.69 Å². The van der Waals surface area contributed by atoms with Gasteiger partial charge in [-0.2, -0.15) is 5.10 Å². The smallest absolute Gasteiger partial charge is 0.0671 e. The topological polar surface area (TPSA) is 43.8 Å². The molecule has 2 rings (SSSR count). The summed E-state index contributed by atoms with van der Waals surface area (Å²) in [5.74, 6) is 0. The van der Waals surface area contributed by atoms with Crippen LogP contribution >= 0.6 is 0 Å². The summed E-state index contributed by atoms with van der Waals surface area (Å²) in [6.07, 6.45) is 2.00. The molecule has 3 nitrogen and oxygen atoms in total. The Hall–Kier alpha value is -1.77. The van der Waals surface area contributed by atoms with Gasteiger partial charge in [-0.15, -0.1) is 0 Å². The first-order valence-corrected chi connectivity index (χ1v) is 4.53. The molecule has 14 heavy (non-hydrogen) atoms. The van der Waals surface area contributed by atoms with Crippen LogP contribution in [-0.2, 0) is 7.05 Å². The molecule has 3 heteroatoms. The Morgan fingerprint density at radius 1 is 1.36 bits per heavy atom. The fraction of sp³-hybridized carbons (Fsp3) is 0.182. The van der Waals surface area contributed by atoms with Crippen LogP contribution in [0.15, 0.2) is 30.5 Å². The number of nitrogens with zero attached hydrogens (tertiary/aromatic N) is 2. The number of nitrogens with two attached hydrogens (primary N) is 1. The molecule has 0 aliphatic rings. The zero-order valence-corrected chi connectivity index (χ0v) is 8.36. The molecule has 0 fully saturated rings. The zero-order valence-electron chi connectivity index (χ0n) is 8.36. The maximum atomic E-state index is 5.73. The van der Waals surface area contributed by atoms with Crippen LogP contribution in [0.25, 0.3) is 11.1 Å². The van der Waals surface area contributed by atoms with Gasteiger partial charge >= 0.3 is 0 Å². The van der Waals surface area contributed by atoms with Gasteiger partial charge in [0.2, 0.25) is 0 Å². The lowest BCUT2D eigenvalue weighted by Gasteiger charge is -1.99. The van der Waals surface area contributed by atoms with Gasteiger partial charge in [0.25, 0.3) is 0 Å². The maximum absolute atomic E-state index is 5.73. The van der Waals surface area contributed by atoms with E-state index >= 15 is 0 Å². The minimum absolute atomic E-state index is 0.783. The van der Waals surface area contributed by atoms with E-state index in [2.05, 4.69) is 5.10 Å². The highest BCUT2D eigenvalue weighted by Crippen LogP contribution is 2.23. The van der Waals surface area contributed by atoms with E-state index < -0.39 is 0 Å². The van der Waals surface area contributed by atoms with Crippen molar-refractivity contribution in [2.24, 2.45) is 7.05 Å². The molecule has 72 valence electrons. The number of benzene rings is 1. The molecule has 0 atom stereocenters. The molecule has 2 aromatic rings. The van der Waals surface area contributed by atoms with Crippen LogP contribution in [-0.4, -0.2) is 9.78 Å². The Labute approximate surface area is 83.2 Å². The molecule has 0 saturated heterocycles. The van der Waals surface area contributed by atoms with Crippen LogP contribution < -0.4 is 5.73 Å². The fourth-order valence-corrected chi connectivity index (χ4v) is 1.59. The summed E-state index contributed by atoms with van der Waals surface area (Å²) in [4.78, 5) is 0. The van der Waals surface area contributed by atoms with Crippen LogP contribution in [0.2, 0.25) is 0 Å². The summed E-state index contributed by atoms with van der Waals surface area (Å²) in [6, 6.07) is 7.84. The highest BCUT2D eigenvalue weighted by atomic mass is 15.2. The molecule has 0 unspecified atom stereocenters. The largest absolute Gasteiger partial charge is 0.399 e. The second-order valence-corrected chi connectivity index (χ2v) is 3.43. The Morgan fingerprint density at radius 2 is 2.14 bits per heavy atom. The molecule has 0 bridgehead atoms. The van der Waals surface area contributed by atoms with Crippen molar-refractivity contribution in [3.63, 3.8) is 0 Å². The standard InChI is InChI=1S/C11H13N3/c1-8-11(7-14(2)13-8)9-4-3-5-10(12)6-9/h3-7H,12H2,1-2H3. The summed E-state index contributed by atoms with van der Waals surface area (Å²) >= 11 is 0. The lowest BCUT2D eigenvalue weighted by molar-refractivity contribution is 0.756. The van der Waals surface area contributed by atoms with Gasteiger partial charge in [0.05, 0.1) is 5.69 Å². The predicted octanol–water partition coefficient (Wildman–Crippen LogP) is 1.98. The lowest BCUT2D eigenvalue weighted by Crippen LogP contribution is -1.86. The summed E-state index contributed by atoms with van der Waals surface area (Å²) in [5, 5.41) is 4.29. The average molecular weight is 187 g/mol. The Balaban J connectivity index is 2.54. The van der Waals surface area contributed by atoms with Gasteiger partial charge in [-0.1, -0.05) is 12.1 Å². The number of hydrogen-bond donors (Lipinski definition) is 1. The van der Waals surface area contributed by atoms with E-state index in [1.807, 2.05) is 49.1 Å².